The van der Waals surface area contributed by atoms with Gasteiger partial charge in [-0.05, 0) is 22.0 Å². The highest BCUT2D eigenvalue weighted by atomic mass is 79.9. The zero-order valence-corrected chi connectivity index (χ0v) is 9.24. The van der Waals surface area contributed by atoms with E-state index < -0.39 is 36.0 Å². The Kier molecular flexibility index (Phi) is 3.84. The van der Waals surface area contributed by atoms with Crippen molar-refractivity contribution in [1.29, 1.82) is 0 Å². The zero-order valence-electron chi connectivity index (χ0n) is 7.65. The summed E-state index contributed by atoms with van der Waals surface area (Å²) in [7, 11) is 0. The van der Waals surface area contributed by atoms with Crippen LogP contribution in [0.4, 0.5) is 22.0 Å². The van der Waals surface area contributed by atoms with Crippen molar-refractivity contribution in [1.82, 2.24) is 4.98 Å². The van der Waals surface area contributed by atoms with E-state index in [-0.39, 0.29) is 4.60 Å². The van der Waals surface area contributed by atoms with Crippen LogP contribution in [0.3, 0.4) is 0 Å². The average molecular weight is 305 g/mol. The molecule has 2 nitrogen and oxygen atoms in total. The van der Waals surface area contributed by atoms with Gasteiger partial charge < -0.3 is 5.73 Å². The third kappa shape index (κ3) is 2.67. The fraction of sp³-hybridized carbons (Fsp3) is 0.375. The normalized spacial score (nSPS) is 12.2. The van der Waals surface area contributed by atoms with Crippen molar-refractivity contribution in [3.63, 3.8) is 0 Å². The van der Waals surface area contributed by atoms with Crippen molar-refractivity contribution in [2.75, 3.05) is 0 Å². The molecule has 0 aromatic carbocycles. The minimum atomic E-state index is -4.89. The van der Waals surface area contributed by atoms with Gasteiger partial charge in [0.25, 0.3) is 6.43 Å². The minimum absolute atomic E-state index is 0.101. The summed E-state index contributed by atoms with van der Waals surface area (Å²) in [5.74, 6) is 0. The van der Waals surface area contributed by atoms with E-state index in [2.05, 4.69) is 20.9 Å². The number of halogens is 6. The molecule has 0 aliphatic carbocycles. The molecule has 1 heterocycles. The molecule has 0 atom stereocenters. The summed E-state index contributed by atoms with van der Waals surface area (Å²) in [6.07, 6.45) is -8.13. The van der Waals surface area contributed by atoms with E-state index in [4.69, 9.17) is 5.73 Å². The van der Waals surface area contributed by atoms with Gasteiger partial charge in [-0.25, -0.2) is 13.8 Å². The van der Waals surface area contributed by atoms with Crippen molar-refractivity contribution in [3.05, 3.63) is 27.5 Å². The number of rotatable bonds is 2. The van der Waals surface area contributed by atoms with Crippen LogP contribution in [0.25, 0.3) is 0 Å². The lowest BCUT2D eigenvalue weighted by Gasteiger charge is -2.15. The molecule has 0 amide bonds. The zero-order chi connectivity index (χ0) is 12.5. The van der Waals surface area contributed by atoms with Crippen LogP contribution in [0.15, 0.2) is 10.7 Å². The van der Waals surface area contributed by atoms with Gasteiger partial charge in [0, 0.05) is 12.1 Å². The van der Waals surface area contributed by atoms with Crippen LogP contribution < -0.4 is 5.73 Å². The van der Waals surface area contributed by atoms with Crippen LogP contribution in [-0.4, -0.2) is 4.98 Å². The van der Waals surface area contributed by atoms with E-state index in [0.29, 0.717) is 6.07 Å². The molecule has 90 valence electrons. The fourth-order valence-corrected chi connectivity index (χ4v) is 1.69. The van der Waals surface area contributed by atoms with E-state index in [9.17, 15) is 22.0 Å². The van der Waals surface area contributed by atoms with Gasteiger partial charge in [-0.3, -0.25) is 0 Å². The van der Waals surface area contributed by atoms with Gasteiger partial charge in [0.2, 0.25) is 0 Å². The molecule has 0 spiro atoms. The molecule has 1 aromatic rings. The van der Waals surface area contributed by atoms with Gasteiger partial charge in [-0.1, -0.05) is 0 Å². The summed E-state index contributed by atoms with van der Waals surface area (Å²) in [6, 6.07) is 0.645. The lowest BCUT2D eigenvalue weighted by molar-refractivity contribution is -0.140. The minimum Gasteiger partial charge on any atom is -0.325 e. The number of alkyl halides is 5. The van der Waals surface area contributed by atoms with Crippen LogP contribution in [-0.2, 0) is 12.7 Å². The predicted molar refractivity (Wildman–Crippen MR) is 49.8 cm³/mol. The summed E-state index contributed by atoms with van der Waals surface area (Å²) < 4.78 is 62.5. The second kappa shape index (κ2) is 4.62. The lowest BCUT2D eigenvalue weighted by atomic mass is 10.1. The van der Waals surface area contributed by atoms with Crippen molar-refractivity contribution in [2.24, 2.45) is 5.73 Å². The highest BCUT2D eigenvalue weighted by Crippen LogP contribution is 2.38. The van der Waals surface area contributed by atoms with Gasteiger partial charge >= 0.3 is 6.18 Å². The Labute approximate surface area is 95.8 Å². The topological polar surface area (TPSA) is 38.9 Å². The first-order valence-electron chi connectivity index (χ1n) is 4.02. The maximum atomic E-state index is 12.5. The third-order valence-corrected chi connectivity index (χ3v) is 2.21. The molecule has 0 saturated heterocycles. The molecule has 1 aromatic heterocycles. The van der Waals surface area contributed by atoms with Crippen LogP contribution in [0.2, 0.25) is 0 Å². The monoisotopic (exact) mass is 304 g/mol. The van der Waals surface area contributed by atoms with Crippen LogP contribution in [0.1, 0.15) is 23.2 Å². The molecular weight excluding hydrogens is 299 g/mol. The Hall–Kier alpha value is -0.760. The first kappa shape index (κ1) is 13.3. The largest absolute Gasteiger partial charge is 0.418 e. The van der Waals surface area contributed by atoms with Gasteiger partial charge in [0.05, 0.1) is 11.3 Å². The maximum absolute atomic E-state index is 12.5. The van der Waals surface area contributed by atoms with E-state index in [0.717, 1.165) is 0 Å². The summed E-state index contributed by atoms with van der Waals surface area (Å²) >= 11 is 2.76. The lowest BCUT2D eigenvalue weighted by Crippen LogP contribution is -2.17. The molecule has 8 heteroatoms. The highest BCUT2D eigenvalue weighted by Gasteiger charge is 2.39. The number of hydrogen-bond acceptors (Lipinski definition) is 2. The Bertz CT molecular complexity index is 391. The molecule has 0 aliphatic rings. The number of pyridine rings is 1. The molecule has 0 bridgehead atoms. The van der Waals surface area contributed by atoms with Crippen LogP contribution in [0, 0.1) is 0 Å². The number of hydrogen-bond donors (Lipinski definition) is 1. The van der Waals surface area contributed by atoms with Gasteiger partial charge in [-0.2, -0.15) is 13.2 Å². The van der Waals surface area contributed by atoms with Crippen molar-refractivity contribution >= 4 is 15.9 Å². The van der Waals surface area contributed by atoms with Crippen molar-refractivity contribution in [2.45, 2.75) is 19.1 Å². The molecule has 0 unspecified atom stereocenters. The second-order valence-corrected chi connectivity index (χ2v) is 3.67. The maximum Gasteiger partial charge on any atom is 0.418 e. The Balaban J connectivity index is 3.52. The second-order valence-electron chi connectivity index (χ2n) is 2.86. The van der Waals surface area contributed by atoms with E-state index in [1.165, 1.54) is 0 Å². The van der Waals surface area contributed by atoms with Gasteiger partial charge in [0.1, 0.15) is 4.60 Å². The van der Waals surface area contributed by atoms with E-state index >= 15 is 0 Å². The van der Waals surface area contributed by atoms with E-state index in [1.807, 2.05) is 0 Å². The molecule has 16 heavy (non-hydrogen) atoms. The predicted octanol–water partition coefficient (Wildman–Crippen LogP) is 3.26. The Morgan fingerprint density at radius 1 is 1.38 bits per heavy atom. The summed E-state index contributed by atoms with van der Waals surface area (Å²) in [4.78, 5) is 3.44. The molecule has 0 fully saturated rings. The molecule has 0 radical (unpaired) electrons. The van der Waals surface area contributed by atoms with Crippen LogP contribution in [0.5, 0.6) is 0 Å². The summed E-state index contributed by atoms with van der Waals surface area (Å²) in [5, 5.41) is 0. The van der Waals surface area contributed by atoms with Gasteiger partial charge in [0.15, 0.2) is 0 Å². The standard InChI is InChI=1S/C8H6BrF5N2/c9-5-1-3(7(10)11)6(8(12,13)14)4(2-15)16-5/h1,7H,2,15H2. The number of nitrogens with zero attached hydrogens (tertiary/aromatic N) is 1. The van der Waals surface area contributed by atoms with E-state index in [1.54, 1.807) is 0 Å². The molecule has 0 saturated carbocycles. The molecule has 0 aliphatic heterocycles. The molecular formula is C8H6BrF5N2. The fourth-order valence-electron chi connectivity index (χ4n) is 1.23. The Morgan fingerprint density at radius 2 is 1.94 bits per heavy atom. The smallest absolute Gasteiger partial charge is 0.325 e. The number of aromatic nitrogens is 1. The Morgan fingerprint density at radius 3 is 2.31 bits per heavy atom. The molecule has 2 N–H and O–H groups in total. The quantitative estimate of drug-likeness (QED) is 0.673. The molecule has 1 rings (SSSR count). The van der Waals surface area contributed by atoms with Crippen molar-refractivity contribution in [3.8, 4) is 0 Å². The SMILES string of the molecule is NCc1nc(Br)cc(C(F)F)c1C(F)(F)F. The first-order chi connectivity index (χ1) is 7.27. The average Bonchev–Trinajstić information content (AvgIpc) is 2.14. The van der Waals surface area contributed by atoms with Gasteiger partial charge in [-0.15, -0.1) is 0 Å². The summed E-state index contributed by atoms with van der Waals surface area (Å²) in [5.41, 5.74) is 1.89. The first-order valence-corrected chi connectivity index (χ1v) is 4.81. The highest BCUT2D eigenvalue weighted by molar-refractivity contribution is 9.10. The third-order valence-electron chi connectivity index (χ3n) is 1.81. The van der Waals surface area contributed by atoms with Crippen LogP contribution >= 0.6 is 15.9 Å². The summed E-state index contributed by atoms with van der Waals surface area (Å²) in [6.45, 7) is -0.562. The number of nitrogens with two attached hydrogens (primary N) is 1. The van der Waals surface area contributed by atoms with Crippen molar-refractivity contribution < 1.29 is 22.0 Å².